The average Bonchev–Trinajstić information content (AvgIpc) is 2.43. The number of hydrogen-bond donors (Lipinski definition) is 1. The molecule has 0 radical (unpaired) electrons. The molecule has 0 saturated carbocycles. The van der Waals surface area contributed by atoms with Gasteiger partial charge >= 0.3 is 0 Å². The third-order valence-corrected chi connectivity index (χ3v) is 3.40. The number of nitrogens with one attached hydrogen (secondary N) is 1. The third kappa shape index (κ3) is 3.83. The van der Waals surface area contributed by atoms with Crippen molar-refractivity contribution in [1.82, 2.24) is 0 Å². The van der Waals surface area contributed by atoms with Crippen LogP contribution in [-0.2, 0) is 0 Å². The highest BCUT2D eigenvalue weighted by atomic mass is 35.5. The zero-order chi connectivity index (χ0) is 13.7. The smallest absolute Gasteiger partial charge is 0.0576 e. The Hall–Kier alpha value is -1.80. The van der Waals surface area contributed by atoms with Crippen molar-refractivity contribution in [2.24, 2.45) is 5.10 Å². The van der Waals surface area contributed by atoms with E-state index in [1.807, 2.05) is 49.5 Å². The van der Waals surface area contributed by atoms with Gasteiger partial charge in [0.2, 0.25) is 0 Å². The van der Waals surface area contributed by atoms with E-state index >= 15 is 0 Å². The third-order valence-electron chi connectivity index (χ3n) is 2.99. The number of rotatable bonds is 4. The Morgan fingerprint density at radius 2 is 1.89 bits per heavy atom. The highest BCUT2D eigenvalue weighted by molar-refractivity contribution is 6.31. The summed E-state index contributed by atoms with van der Waals surface area (Å²) in [4.78, 5) is 0. The van der Waals surface area contributed by atoms with Gasteiger partial charge in [-0.15, -0.1) is 0 Å². The number of hydrazone groups is 1. The van der Waals surface area contributed by atoms with Gasteiger partial charge in [-0.3, -0.25) is 5.43 Å². The molecule has 0 unspecified atom stereocenters. The second-order valence-electron chi connectivity index (χ2n) is 4.55. The average molecular weight is 273 g/mol. The maximum Gasteiger partial charge on any atom is 0.0576 e. The summed E-state index contributed by atoms with van der Waals surface area (Å²) in [6.45, 7) is 4.09. The summed E-state index contributed by atoms with van der Waals surface area (Å²) in [5.41, 5.74) is 6.20. The van der Waals surface area contributed by atoms with Crippen molar-refractivity contribution in [3.05, 3.63) is 64.7 Å². The molecule has 0 heterocycles. The molecule has 0 aliphatic carbocycles. The van der Waals surface area contributed by atoms with Gasteiger partial charge in [0, 0.05) is 17.2 Å². The molecule has 98 valence electrons. The molecule has 0 spiro atoms. The van der Waals surface area contributed by atoms with E-state index in [1.54, 1.807) is 0 Å². The minimum atomic E-state index is 0.273. The molecule has 3 heteroatoms. The van der Waals surface area contributed by atoms with Gasteiger partial charge in [-0.2, -0.15) is 5.10 Å². The first-order valence-electron chi connectivity index (χ1n) is 6.27. The van der Waals surface area contributed by atoms with E-state index in [1.165, 1.54) is 5.56 Å². The Balaban J connectivity index is 1.98. The summed E-state index contributed by atoms with van der Waals surface area (Å²) in [5.74, 6) is 0.273. The fraction of sp³-hybridized carbons (Fsp3) is 0.188. The van der Waals surface area contributed by atoms with Crippen LogP contribution in [-0.4, -0.2) is 6.21 Å². The standard InChI is InChI=1S/C16H17ClN2/c1-12-8-9-15(10-16(12)17)19-18-11-13(2)14-6-4-3-5-7-14/h3-11,13,19H,1-2H3/b18-11-/t13-/m0/s1. The Morgan fingerprint density at radius 3 is 2.58 bits per heavy atom. The van der Waals surface area contributed by atoms with Crippen LogP contribution in [0.1, 0.15) is 24.0 Å². The van der Waals surface area contributed by atoms with Gasteiger partial charge in [-0.25, -0.2) is 0 Å². The Bertz CT molecular complexity index is 564. The zero-order valence-electron chi connectivity index (χ0n) is 11.1. The molecule has 0 aromatic heterocycles. The number of aryl methyl sites for hydroxylation is 1. The minimum absolute atomic E-state index is 0.273. The predicted molar refractivity (Wildman–Crippen MR) is 83.2 cm³/mol. The van der Waals surface area contributed by atoms with Crippen molar-refractivity contribution in [3.63, 3.8) is 0 Å². The molecule has 0 bridgehead atoms. The molecule has 2 nitrogen and oxygen atoms in total. The van der Waals surface area contributed by atoms with E-state index in [0.29, 0.717) is 0 Å². The van der Waals surface area contributed by atoms with Crippen molar-refractivity contribution in [2.45, 2.75) is 19.8 Å². The number of hydrogen-bond acceptors (Lipinski definition) is 2. The van der Waals surface area contributed by atoms with Crippen LogP contribution < -0.4 is 5.43 Å². The van der Waals surface area contributed by atoms with Crippen LogP contribution >= 0.6 is 11.6 Å². The summed E-state index contributed by atoms with van der Waals surface area (Å²) in [6, 6.07) is 16.1. The minimum Gasteiger partial charge on any atom is -0.279 e. The predicted octanol–water partition coefficient (Wildman–Crippen LogP) is 4.85. The number of halogens is 1. The molecule has 2 rings (SSSR count). The highest BCUT2D eigenvalue weighted by Gasteiger charge is 2.00. The first-order valence-corrected chi connectivity index (χ1v) is 6.65. The molecule has 0 aliphatic heterocycles. The summed E-state index contributed by atoms with van der Waals surface area (Å²) in [7, 11) is 0. The first-order chi connectivity index (χ1) is 9.16. The summed E-state index contributed by atoms with van der Waals surface area (Å²) >= 11 is 6.06. The van der Waals surface area contributed by atoms with Crippen molar-refractivity contribution in [3.8, 4) is 0 Å². The van der Waals surface area contributed by atoms with E-state index in [-0.39, 0.29) is 5.92 Å². The van der Waals surface area contributed by atoms with Crippen LogP contribution in [0.2, 0.25) is 5.02 Å². The highest BCUT2D eigenvalue weighted by Crippen LogP contribution is 2.20. The largest absolute Gasteiger partial charge is 0.279 e. The normalized spacial score (nSPS) is 12.6. The summed E-state index contributed by atoms with van der Waals surface area (Å²) in [6.07, 6.45) is 1.89. The lowest BCUT2D eigenvalue weighted by atomic mass is 10.0. The molecule has 0 aliphatic rings. The van der Waals surface area contributed by atoms with Gasteiger partial charge in [0.05, 0.1) is 5.69 Å². The van der Waals surface area contributed by atoms with E-state index in [9.17, 15) is 0 Å². The fourth-order valence-electron chi connectivity index (χ4n) is 1.73. The molecular weight excluding hydrogens is 256 g/mol. The number of nitrogens with zero attached hydrogens (tertiary/aromatic N) is 1. The first kappa shape index (κ1) is 13.6. The maximum atomic E-state index is 6.06. The maximum absolute atomic E-state index is 6.06. The quantitative estimate of drug-likeness (QED) is 0.624. The molecule has 0 fully saturated rings. The van der Waals surface area contributed by atoms with E-state index in [4.69, 9.17) is 11.6 Å². The van der Waals surface area contributed by atoms with Crippen LogP contribution in [0.5, 0.6) is 0 Å². The fourth-order valence-corrected chi connectivity index (χ4v) is 1.91. The van der Waals surface area contributed by atoms with Crippen LogP contribution in [0.4, 0.5) is 5.69 Å². The zero-order valence-corrected chi connectivity index (χ0v) is 11.9. The molecule has 19 heavy (non-hydrogen) atoms. The SMILES string of the molecule is Cc1ccc(N/N=C\[C@H](C)c2ccccc2)cc1Cl. The van der Waals surface area contributed by atoms with Crippen molar-refractivity contribution < 1.29 is 0 Å². The Morgan fingerprint density at radius 1 is 1.16 bits per heavy atom. The lowest BCUT2D eigenvalue weighted by Crippen LogP contribution is -1.97. The molecular formula is C16H17ClN2. The van der Waals surface area contributed by atoms with Crippen LogP contribution in [0.3, 0.4) is 0 Å². The van der Waals surface area contributed by atoms with E-state index in [2.05, 4.69) is 29.6 Å². The monoisotopic (exact) mass is 272 g/mol. The lowest BCUT2D eigenvalue weighted by Gasteiger charge is -2.06. The van der Waals surface area contributed by atoms with Gasteiger partial charge in [0.25, 0.3) is 0 Å². The second-order valence-corrected chi connectivity index (χ2v) is 4.96. The molecule has 2 aromatic rings. The Kier molecular flexibility index (Phi) is 4.58. The van der Waals surface area contributed by atoms with E-state index in [0.717, 1.165) is 16.3 Å². The topological polar surface area (TPSA) is 24.4 Å². The van der Waals surface area contributed by atoms with Crippen molar-refractivity contribution in [1.29, 1.82) is 0 Å². The molecule has 0 saturated heterocycles. The molecule has 1 N–H and O–H groups in total. The molecule has 1 atom stereocenters. The van der Waals surface area contributed by atoms with Crippen molar-refractivity contribution >= 4 is 23.5 Å². The molecule has 0 amide bonds. The second kappa shape index (κ2) is 6.39. The van der Waals surface area contributed by atoms with Crippen LogP contribution in [0.15, 0.2) is 53.6 Å². The van der Waals surface area contributed by atoms with Crippen molar-refractivity contribution in [2.75, 3.05) is 5.43 Å². The van der Waals surface area contributed by atoms with Gasteiger partial charge in [0.15, 0.2) is 0 Å². The van der Waals surface area contributed by atoms with Crippen LogP contribution in [0, 0.1) is 6.92 Å². The Labute approximate surface area is 119 Å². The van der Waals surface area contributed by atoms with E-state index < -0.39 is 0 Å². The number of benzene rings is 2. The molecule has 2 aromatic carbocycles. The lowest BCUT2D eigenvalue weighted by molar-refractivity contribution is 1.04. The summed E-state index contributed by atoms with van der Waals surface area (Å²) < 4.78 is 0. The van der Waals surface area contributed by atoms with Gasteiger partial charge in [-0.1, -0.05) is 54.9 Å². The van der Waals surface area contributed by atoms with Gasteiger partial charge in [-0.05, 0) is 30.2 Å². The van der Waals surface area contributed by atoms with Gasteiger partial charge in [0.1, 0.15) is 0 Å². The number of anilines is 1. The van der Waals surface area contributed by atoms with Gasteiger partial charge < -0.3 is 0 Å². The summed E-state index contributed by atoms with van der Waals surface area (Å²) in [5, 5.41) is 5.00. The van der Waals surface area contributed by atoms with Crippen LogP contribution in [0.25, 0.3) is 0 Å².